The maximum atomic E-state index is 9.79. The van der Waals surface area contributed by atoms with Crippen LogP contribution in [0.25, 0.3) is 0 Å². The van der Waals surface area contributed by atoms with Crippen LogP contribution >= 0.6 is 15.9 Å². The number of hydrogen-bond donors (Lipinski definition) is 1. The number of aliphatic hydroxyl groups excluding tert-OH is 1. The van der Waals surface area contributed by atoms with Crippen molar-refractivity contribution in [1.82, 2.24) is 9.78 Å². The van der Waals surface area contributed by atoms with E-state index in [1.807, 2.05) is 18.5 Å². The molecule has 14 heavy (non-hydrogen) atoms. The molecular formula is C10H17BrN2O. The summed E-state index contributed by atoms with van der Waals surface area (Å²) in [6.07, 6.45) is -0.456. The Kier molecular flexibility index (Phi) is 3.72. The summed E-state index contributed by atoms with van der Waals surface area (Å²) in [6.45, 7) is 8.11. The summed E-state index contributed by atoms with van der Waals surface area (Å²) < 4.78 is 1.95. The maximum absolute atomic E-state index is 9.79. The minimum atomic E-state index is -0.456. The first-order valence-corrected chi connectivity index (χ1v) is 5.90. The molecule has 0 fully saturated rings. The zero-order valence-electron chi connectivity index (χ0n) is 9.08. The third-order valence-corrected chi connectivity index (χ3v) is 2.96. The van der Waals surface area contributed by atoms with E-state index in [9.17, 15) is 5.11 Å². The first kappa shape index (κ1) is 11.7. The predicted molar refractivity (Wildman–Crippen MR) is 60.8 cm³/mol. The number of aromatic nitrogens is 2. The Balaban J connectivity index is 3.17. The van der Waals surface area contributed by atoms with Gasteiger partial charge in [0.2, 0.25) is 0 Å². The molecule has 0 aliphatic heterocycles. The van der Waals surface area contributed by atoms with Crippen molar-refractivity contribution in [3.8, 4) is 0 Å². The summed E-state index contributed by atoms with van der Waals surface area (Å²) in [5.74, 6) is 0. The van der Waals surface area contributed by atoms with E-state index in [0.29, 0.717) is 11.4 Å². The fourth-order valence-electron chi connectivity index (χ4n) is 1.74. The first-order chi connectivity index (χ1) is 6.49. The Bertz CT molecular complexity index is 320. The van der Waals surface area contributed by atoms with Crippen molar-refractivity contribution in [2.75, 3.05) is 5.33 Å². The van der Waals surface area contributed by atoms with Crippen LogP contribution in [0.4, 0.5) is 0 Å². The summed E-state index contributed by atoms with van der Waals surface area (Å²) in [5.41, 5.74) is 2.93. The van der Waals surface area contributed by atoms with Crippen molar-refractivity contribution < 1.29 is 5.11 Å². The highest BCUT2D eigenvalue weighted by Gasteiger charge is 2.18. The highest BCUT2D eigenvalue weighted by atomic mass is 79.9. The molecule has 0 bridgehead atoms. The van der Waals surface area contributed by atoms with Crippen LogP contribution in [0.1, 0.15) is 42.9 Å². The van der Waals surface area contributed by atoms with Gasteiger partial charge in [-0.05, 0) is 27.7 Å². The lowest BCUT2D eigenvalue weighted by Gasteiger charge is -2.10. The molecule has 1 aromatic heterocycles. The van der Waals surface area contributed by atoms with Gasteiger partial charge in [0.15, 0.2) is 0 Å². The van der Waals surface area contributed by atoms with Crippen molar-refractivity contribution in [1.29, 1.82) is 0 Å². The van der Waals surface area contributed by atoms with E-state index in [0.717, 1.165) is 17.0 Å². The lowest BCUT2D eigenvalue weighted by Crippen LogP contribution is -2.06. The maximum Gasteiger partial charge on any atom is 0.0922 e. The smallest absolute Gasteiger partial charge is 0.0922 e. The van der Waals surface area contributed by atoms with Crippen LogP contribution in [0, 0.1) is 13.8 Å². The summed E-state index contributed by atoms with van der Waals surface area (Å²) >= 11 is 3.28. The molecule has 1 aromatic rings. The second-order valence-corrected chi connectivity index (χ2v) is 4.44. The minimum Gasteiger partial charge on any atom is -0.387 e. The molecule has 0 aromatic carbocycles. The van der Waals surface area contributed by atoms with Gasteiger partial charge in [0.1, 0.15) is 0 Å². The zero-order valence-corrected chi connectivity index (χ0v) is 10.7. The third kappa shape index (κ3) is 2.01. The Labute approximate surface area is 93.3 Å². The molecule has 80 valence electrons. The van der Waals surface area contributed by atoms with Crippen LogP contribution in [0.5, 0.6) is 0 Å². The lowest BCUT2D eigenvalue weighted by molar-refractivity contribution is 0.203. The van der Waals surface area contributed by atoms with Crippen LogP contribution in [-0.2, 0) is 0 Å². The molecule has 3 nitrogen and oxygen atoms in total. The third-order valence-electron chi connectivity index (χ3n) is 2.35. The number of alkyl halides is 1. The Morgan fingerprint density at radius 3 is 2.36 bits per heavy atom. The molecule has 0 aliphatic carbocycles. The number of rotatable bonds is 3. The summed E-state index contributed by atoms with van der Waals surface area (Å²) in [6, 6.07) is 0.338. The van der Waals surface area contributed by atoms with E-state index in [-0.39, 0.29) is 0 Å². The number of aliphatic hydroxyl groups is 1. The fourth-order valence-corrected chi connectivity index (χ4v) is 2.06. The Hall–Kier alpha value is -0.350. The van der Waals surface area contributed by atoms with E-state index < -0.39 is 6.10 Å². The SMILES string of the molecule is Cc1nn(C(C)C)c(C)c1C(O)CBr. The van der Waals surface area contributed by atoms with Gasteiger partial charge in [0, 0.05) is 22.6 Å². The van der Waals surface area contributed by atoms with Crippen LogP contribution in [-0.4, -0.2) is 20.2 Å². The van der Waals surface area contributed by atoms with Crippen molar-refractivity contribution in [3.63, 3.8) is 0 Å². The average molecular weight is 261 g/mol. The number of hydrogen-bond acceptors (Lipinski definition) is 2. The Morgan fingerprint density at radius 1 is 1.43 bits per heavy atom. The van der Waals surface area contributed by atoms with Crippen LogP contribution in [0.2, 0.25) is 0 Å². The van der Waals surface area contributed by atoms with Gasteiger partial charge in [-0.3, -0.25) is 4.68 Å². The molecule has 1 rings (SSSR count). The highest BCUT2D eigenvalue weighted by Crippen LogP contribution is 2.24. The van der Waals surface area contributed by atoms with E-state index in [2.05, 4.69) is 34.9 Å². The minimum absolute atomic E-state index is 0.338. The predicted octanol–water partition coefficient (Wildman–Crippen LogP) is 2.51. The number of halogens is 1. The van der Waals surface area contributed by atoms with Crippen LogP contribution in [0.3, 0.4) is 0 Å². The normalized spacial score (nSPS) is 13.6. The summed E-state index contributed by atoms with van der Waals surface area (Å²) in [4.78, 5) is 0. The molecule has 1 heterocycles. The lowest BCUT2D eigenvalue weighted by atomic mass is 10.1. The van der Waals surface area contributed by atoms with Gasteiger partial charge in [0.05, 0.1) is 11.8 Å². The van der Waals surface area contributed by atoms with Gasteiger partial charge < -0.3 is 5.11 Å². The zero-order chi connectivity index (χ0) is 10.9. The standard InChI is InChI=1S/C10H17BrN2O/c1-6(2)13-8(4)10(7(3)12-13)9(14)5-11/h6,9,14H,5H2,1-4H3. The fraction of sp³-hybridized carbons (Fsp3) is 0.700. The van der Waals surface area contributed by atoms with Crippen molar-refractivity contribution >= 4 is 15.9 Å². The molecule has 0 spiro atoms. The molecule has 1 unspecified atom stereocenters. The van der Waals surface area contributed by atoms with Gasteiger partial charge in [-0.25, -0.2) is 0 Å². The molecule has 4 heteroatoms. The molecule has 0 amide bonds. The Morgan fingerprint density at radius 2 is 2.00 bits per heavy atom. The van der Waals surface area contributed by atoms with Crippen molar-refractivity contribution in [3.05, 3.63) is 17.0 Å². The number of nitrogens with zero attached hydrogens (tertiary/aromatic N) is 2. The number of aryl methyl sites for hydroxylation is 1. The second kappa shape index (κ2) is 4.45. The van der Waals surface area contributed by atoms with Gasteiger partial charge in [0.25, 0.3) is 0 Å². The van der Waals surface area contributed by atoms with Crippen LogP contribution in [0.15, 0.2) is 0 Å². The van der Waals surface area contributed by atoms with E-state index in [4.69, 9.17) is 0 Å². The molecule has 0 radical (unpaired) electrons. The quantitative estimate of drug-likeness (QED) is 0.849. The van der Waals surface area contributed by atoms with E-state index in [1.54, 1.807) is 0 Å². The van der Waals surface area contributed by atoms with Crippen LogP contribution < -0.4 is 0 Å². The highest BCUT2D eigenvalue weighted by molar-refractivity contribution is 9.09. The average Bonchev–Trinajstić information content (AvgIpc) is 2.41. The molecule has 0 saturated heterocycles. The van der Waals surface area contributed by atoms with E-state index in [1.165, 1.54) is 0 Å². The van der Waals surface area contributed by atoms with Gasteiger partial charge in [-0.15, -0.1) is 0 Å². The van der Waals surface area contributed by atoms with Gasteiger partial charge >= 0.3 is 0 Å². The molecule has 0 saturated carbocycles. The van der Waals surface area contributed by atoms with Crippen molar-refractivity contribution in [2.45, 2.75) is 39.8 Å². The molecule has 1 atom stereocenters. The summed E-state index contributed by atoms with van der Waals surface area (Å²) in [5, 5.41) is 14.8. The second-order valence-electron chi connectivity index (χ2n) is 3.79. The van der Waals surface area contributed by atoms with Crippen molar-refractivity contribution in [2.24, 2.45) is 0 Å². The molecule has 1 N–H and O–H groups in total. The topological polar surface area (TPSA) is 38.0 Å². The van der Waals surface area contributed by atoms with Gasteiger partial charge in [-0.1, -0.05) is 15.9 Å². The van der Waals surface area contributed by atoms with E-state index >= 15 is 0 Å². The monoisotopic (exact) mass is 260 g/mol. The summed E-state index contributed by atoms with van der Waals surface area (Å²) in [7, 11) is 0. The first-order valence-electron chi connectivity index (χ1n) is 4.78. The molecule has 0 aliphatic rings. The molecular weight excluding hydrogens is 244 g/mol. The van der Waals surface area contributed by atoms with Gasteiger partial charge in [-0.2, -0.15) is 5.10 Å². The largest absolute Gasteiger partial charge is 0.387 e.